The van der Waals surface area contributed by atoms with Crippen molar-refractivity contribution in [3.63, 3.8) is 0 Å². The Morgan fingerprint density at radius 1 is 1.35 bits per heavy atom. The number of aromatic nitrogens is 2. The first-order valence-electron chi connectivity index (χ1n) is 6.66. The van der Waals surface area contributed by atoms with Gasteiger partial charge in [-0.25, -0.2) is 4.39 Å². The van der Waals surface area contributed by atoms with E-state index in [0.29, 0.717) is 18.2 Å². The normalized spacial score (nSPS) is 11.3. The molecule has 0 fully saturated rings. The molecule has 0 bridgehead atoms. The number of aryl methyl sites for hydroxylation is 1. The lowest BCUT2D eigenvalue weighted by Gasteiger charge is -2.06. The van der Waals surface area contributed by atoms with Crippen LogP contribution < -0.4 is 5.32 Å². The largest absolute Gasteiger partial charge is 0.310 e. The fraction of sp³-hybridized carbons (Fsp3) is 0.400. The molecule has 5 heteroatoms. The first-order chi connectivity index (χ1) is 9.45. The molecule has 0 atom stereocenters. The van der Waals surface area contributed by atoms with Crippen LogP contribution in [0.25, 0.3) is 0 Å². The third kappa shape index (κ3) is 3.90. The highest BCUT2D eigenvalue weighted by Crippen LogP contribution is 2.17. The third-order valence-electron chi connectivity index (χ3n) is 3.09. The fourth-order valence-corrected chi connectivity index (χ4v) is 2.38. The number of hydrogen-bond acceptors (Lipinski definition) is 2. The summed E-state index contributed by atoms with van der Waals surface area (Å²) in [7, 11) is 0. The van der Waals surface area contributed by atoms with Crippen molar-refractivity contribution in [1.82, 2.24) is 15.1 Å². The number of nitrogens with zero attached hydrogens (tertiary/aromatic N) is 2. The van der Waals surface area contributed by atoms with E-state index < -0.39 is 0 Å². The summed E-state index contributed by atoms with van der Waals surface area (Å²) in [4.78, 5) is 0. The summed E-state index contributed by atoms with van der Waals surface area (Å²) in [5.41, 5.74) is 2.76. The molecule has 0 radical (unpaired) electrons. The highest BCUT2D eigenvalue weighted by Gasteiger charge is 2.08. The lowest BCUT2D eigenvalue weighted by Crippen LogP contribution is -2.21. The summed E-state index contributed by atoms with van der Waals surface area (Å²) in [5, 5.41) is 7.81. The van der Waals surface area contributed by atoms with Crippen molar-refractivity contribution in [1.29, 1.82) is 0 Å². The predicted octanol–water partition coefficient (Wildman–Crippen LogP) is 3.64. The summed E-state index contributed by atoms with van der Waals surface area (Å²) < 4.78 is 16.4. The zero-order valence-corrected chi connectivity index (χ0v) is 13.5. The Kier molecular flexibility index (Phi) is 4.94. The van der Waals surface area contributed by atoms with Crippen LogP contribution in [0.3, 0.4) is 0 Å². The van der Waals surface area contributed by atoms with E-state index in [1.54, 1.807) is 16.8 Å². The number of halogens is 2. The molecule has 2 aromatic rings. The fourth-order valence-electron chi connectivity index (χ4n) is 1.97. The van der Waals surface area contributed by atoms with Crippen molar-refractivity contribution < 1.29 is 4.39 Å². The van der Waals surface area contributed by atoms with Crippen molar-refractivity contribution in [2.24, 2.45) is 0 Å². The Morgan fingerprint density at radius 3 is 2.80 bits per heavy atom. The summed E-state index contributed by atoms with van der Waals surface area (Å²) in [5.74, 6) is -0.205. The standard InChI is InChI=1S/C15H19BrFN3/c1-10(2)18-7-13-9-20(19-11(13)3)8-12-6-14(16)4-5-15(12)17/h4-6,9-10,18H,7-8H2,1-3H3. The van der Waals surface area contributed by atoms with Gasteiger partial charge >= 0.3 is 0 Å². The van der Waals surface area contributed by atoms with Crippen LogP contribution in [-0.2, 0) is 13.1 Å². The quantitative estimate of drug-likeness (QED) is 0.901. The van der Waals surface area contributed by atoms with E-state index >= 15 is 0 Å². The monoisotopic (exact) mass is 339 g/mol. The zero-order valence-electron chi connectivity index (χ0n) is 12.0. The number of rotatable bonds is 5. The van der Waals surface area contributed by atoms with E-state index in [4.69, 9.17) is 0 Å². The minimum absolute atomic E-state index is 0.205. The molecule has 0 amide bonds. The van der Waals surface area contributed by atoms with E-state index in [1.165, 1.54) is 6.07 Å². The molecule has 2 rings (SSSR count). The van der Waals surface area contributed by atoms with Crippen molar-refractivity contribution in [2.45, 2.75) is 39.9 Å². The van der Waals surface area contributed by atoms with Gasteiger partial charge in [-0.15, -0.1) is 0 Å². The van der Waals surface area contributed by atoms with E-state index in [-0.39, 0.29) is 5.82 Å². The maximum Gasteiger partial charge on any atom is 0.128 e. The van der Waals surface area contributed by atoms with Crippen molar-refractivity contribution in [3.05, 3.63) is 51.5 Å². The lowest BCUT2D eigenvalue weighted by molar-refractivity contribution is 0.581. The van der Waals surface area contributed by atoms with Gasteiger partial charge in [0.05, 0.1) is 12.2 Å². The van der Waals surface area contributed by atoms with E-state index in [2.05, 4.69) is 40.2 Å². The van der Waals surface area contributed by atoms with Crippen molar-refractivity contribution in [3.8, 4) is 0 Å². The van der Waals surface area contributed by atoms with Crippen LogP contribution in [-0.4, -0.2) is 15.8 Å². The molecule has 0 aliphatic carbocycles. The average molecular weight is 340 g/mol. The molecular formula is C15H19BrFN3. The first kappa shape index (κ1) is 15.2. The topological polar surface area (TPSA) is 29.9 Å². The summed E-state index contributed by atoms with van der Waals surface area (Å²) >= 11 is 3.36. The van der Waals surface area contributed by atoms with Crippen molar-refractivity contribution >= 4 is 15.9 Å². The van der Waals surface area contributed by atoms with Crippen LogP contribution in [0.15, 0.2) is 28.9 Å². The molecule has 1 aromatic carbocycles. The second-order valence-corrected chi connectivity index (χ2v) is 6.12. The summed E-state index contributed by atoms with van der Waals surface area (Å²) in [6.07, 6.45) is 1.98. The van der Waals surface area contributed by atoms with Crippen LogP contribution in [0.4, 0.5) is 4.39 Å². The molecule has 0 aliphatic rings. The molecule has 1 N–H and O–H groups in total. The van der Waals surface area contributed by atoms with E-state index in [9.17, 15) is 4.39 Å². The minimum atomic E-state index is -0.205. The second-order valence-electron chi connectivity index (χ2n) is 5.21. The molecule has 0 aliphatic heterocycles. The molecule has 20 heavy (non-hydrogen) atoms. The summed E-state index contributed by atoms with van der Waals surface area (Å²) in [6, 6.07) is 5.39. The van der Waals surface area contributed by atoms with Crippen LogP contribution >= 0.6 is 15.9 Å². The van der Waals surface area contributed by atoms with Gasteiger partial charge in [0.1, 0.15) is 5.82 Å². The van der Waals surface area contributed by atoms with Gasteiger partial charge in [0.15, 0.2) is 0 Å². The number of hydrogen-bond donors (Lipinski definition) is 1. The maximum absolute atomic E-state index is 13.7. The zero-order chi connectivity index (χ0) is 14.7. The van der Waals surface area contributed by atoms with Gasteiger partial charge in [0.25, 0.3) is 0 Å². The third-order valence-corrected chi connectivity index (χ3v) is 3.58. The van der Waals surface area contributed by atoms with Gasteiger partial charge in [-0.1, -0.05) is 29.8 Å². The van der Waals surface area contributed by atoms with Crippen LogP contribution in [0, 0.1) is 12.7 Å². The molecule has 0 saturated heterocycles. The summed E-state index contributed by atoms with van der Waals surface area (Å²) in [6.45, 7) is 7.41. The van der Waals surface area contributed by atoms with Crippen LogP contribution in [0.2, 0.25) is 0 Å². The number of benzene rings is 1. The highest BCUT2D eigenvalue weighted by molar-refractivity contribution is 9.10. The van der Waals surface area contributed by atoms with E-state index in [0.717, 1.165) is 22.3 Å². The Labute approximate surface area is 127 Å². The second kappa shape index (κ2) is 6.50. The predicted molar refractivity (Wildman–Crippen MR) is 82.1 cm³/mol. The maximum atomic E-state index is 13.7. The Balaban J connectivity index is 2.14. The van der Waals surface area contributed by atoms with Gasteiger partial charge in [-0.3, -0.25) is 4.68 Å². The van der Waals surface area contributed by atoms with Gasteiger partial charge in [0, 0.05) is 34.4 Å². The molecule has 3 nitrogen and oxygen atoms in total. The Hall–Kier alpha value is -1.20. The average Bonchev–Trinajstić information content (AvgIpc) is 2.72. The molecule has 108 valence electrons. The molecule has 1 heterocycles. The molecule has 0 spiro atoms. The molecule has 0 saturated carbocycles. The Morgan fingerprint density at radius 2 is 2.10 bits per heavy atom. The highest BCUT2D eigenvalue weighted by atomic mass is 79.9. The van der Waals surface area contributed by atoms with Crippen molar-refractivity contribution in [2.75, 3.05) is 0 Å². The van der Waals surface area contributed by atoms with Crippen LogP contribution in [0.1, 0.15) is 30.7 Å². The smallest absolute Gasteiger partial charge is 0.128 e. The van der Waals surface area contributed by atoms with Gasteiger partial charge in [-0.05, 0) is 25.1 Å². The lowest BCUT2D eigenvalue weighted by atomic mass is 10.2. The SMILES string of the molecule is Cc1nn(Cc2cc(Br)ccc2F)cc1CNC(C)C. The number of nitrogens with one attached hydrogen (secondary N) is 1. The Bertz CT molecular complexity index is 593. The van der Waals surface area contributed by atoms with Gasteiger partial charge in [-0.2, -0.15) is 5.10 Å². The van der Waals surface area contributed by atoms with E-state index in [1.807, 2.05) is 13.1 Å². The van der Waals surface area contributed by atoms with Crippen LogP contribution in [0.5, 0.6) is 0 Å². The molecule has 0 unspecified atom stereocenters. The minimum Gasteiger partial charge on any atom is -0.310 e. The molecule has 1 aromatic heterocycles. The van der Waals surface area contributed by atoms with Gasteiger partial charge in [0.2, 0.25) is 0 Å². The van der Waals surface area contributed by atoms with Gasteiger partial charge < -0.3 is 5.32 Å². The first-order valence-corrected chi connectivity index (χ1v) is 7.45. The molecular weight excluding hydrogens is 321 g/mol.